The van der Waals surface area contributed by atoms with Crippen molar-refractivity contribution in [3.8, 4) is 0 Å². The fraction of sp³-hybridized carbons (Fsp3) is 0.533. The highest BCUT2D eigenvalue weighted by Gasteiger charge is 2.41. The quantitative estimate of drug-likeness (QED) is 0.346. The van der Waals surface area contributed by atoms with Gasteiger partial charge in [-0.1, -0.05) is 26.2 Å². The van der Waals surface area contributed by atoms with E-state index in [1.807, 2.05) is 0 Å². The van der Waals surface area contributed by atoms with E-state index in [1.165, 1.54) is 6.07 Å². The van der Waals surface area contributed by atoms with Crippen LogP contribution in [0.4, 0.5) is 5.69 Å². The van der Waals surface area contributed by atoms with Crippen LogP contribution in [0.3, 0.4) is 0 Å². The van der Waals surface area contributed by atoms with Crippen molar-refractivity contribution in [2.75, 3.05) is 0 Å². The summed E-state index contributed by atoms with van der Waals surface area (Å²) in [7, 11) is 0. The predicted molar refractivity (Wildman–Crippen MR) is 86.3 cm³/mol. The fourth-order valence-corrected chi connectivity index (χ4v) is 4.41. The first-order valence-corrected chi connectivity index (χ1v) is 8.89. The van der Waals surface area contributed by atoms with Crippen LogP contribution < -0.4 is 0 Å². The standard InChI is InChI=1S/C15H18ClNO5S/c1-2-10-8-12(13(17(19)20)9-11(10)14(16)18)15(23(21)22)6-4-3-5-7-15/h8-9H,2-7H2,1H3,(H,21,22)/p-1. The minimum atomic E-state index is -2.49. The molecule has 6 nitrogen and oxygen atoms in total. The van der Waals surface area contributed by atoms with Crippen LogP contribution in [-0.2, 0) is 22.2 Å². The smallest absolute Gasteiger partial charge is 0.274 e. The Balaban J connectivity index is 2.75. The molecule has 1 atom stereocenters. The van der Waals surface area contributed by atoms with Crippen LogP contribution in [0.25, 0.3) is 0 Å². The number of carbonyl (C=O) groups excluding carboxylic acids is 1. The summed E-state index contributed by atoms with van der Waals surface area (Å²) in [4.78, 5) is 22.3. The summed E-state index contributed by atoms with van der Waals surface area (Å²) in [6.07, 6.45) is 3.43. The number of nitrogens with zero attached hydrogens (tertiary/aromatic N) is 1. The van der Waals surface area contributed by atoms with Gasteiger partial charge >= 0.3 is 0 Å². The van der Waals surface area contributed by atoms with Crippen LogP contribution in [0.2, 0.25) is 0 Å². The van der Waals surface area contributed by atoms with Crippen LogP contribution in [0.15, 0.2) is 12.1 Å². The highest BCUT2D eigenvalue weighted by Crippen LogP contribution is 2.46. The first-order valence-electron chi connectivity index (χ1n) is 7.44. The summed E-state index contributed by atoms with van der Waals surface area (Å²) in [5.74, 6) is 0. The third kappa shape index (κ3) is 3.32. The fourth-order valence-electron chi connectivity index (χ4n) is 3.27. The van der Waals surface area contributed by atoms with Gasteiger partial charge in [0.05, 0.1) is 9.67 Å². The van der Waals surface area contributed by atoms with Crippen molar-refractivity contribution < 1.29 is 18.5 Å². The Kier molecular flexibility index (Phi) is 5.54. The second kappa shape index (κ2) is 7.07. The summed E-state index contributed by atoms with van der Waals surface area (Å²) in [6, 6.07) is 2.60. The van der Waals surface area contributed by atoms with Crippen LogP contribution in [0, 0.1) is 10.1 Å². The van der Waals surface area contributed by atoms with E-state index in [4.69, 9.17) is 11.6 Å². The molecule has 0 N–H and O–H groups in total. The van der Waals surface area contributed by atoms with Crippen molar-refractivity contribution in [2.24, 2.45) is 0 Å². The molecule has 1 fully saturated rings. The summed E-state index contributed by atoms with van der Waals surface area (Å²) >= 11 is 3.03. The van der Waals surface area contributed by atoms with Crippen molar-refractivity contribution in [1.29, 1.82) is 0 Å². The molecule has 1 aromatic rings. The maximum atomic E-state index is 12.0. The number of nitro benzene ring substituents is 1. The number of nitro groups is 1. The highest BCUT2D eigenvalue weighted by atomic mass is 35.5. The molecule has 0 aliphatic heterocycles. The van der Waals surface area contributed by atoms with Gasteiger partial charge in [-0.05, 0) is 53.6 Å². The van der Waals surface area contributed by atoms with Gasteiger partial charge in [0.25, 0.3) is 10.9 Å². The van der Waals surface area contributed by atoms with Crippen molar-refractivity contribution >= 4 is 33.6 Å². The van der Waals surface area contributed by atoms with Crippen LogP contribution in [0.5, 0.6) is 0 Å². The summed E-state index contributed by atoms with van der Waals surface area (Å²) in [5.41, 5.74) is 0.416. The minimum absolute atomic E-state index is 0.0623. The predicted octanol–water partition coefficient (Wildman–Crippen LogP) is 3.57. The van der Waals surface area contributed by atoms with Crippen molar-refractivity contribution in [3.05, 3.63) is 38.9 Å². The lowest BCUT2D eigenvalue weighted by Gasteiger charge is -2.39. The van der Waals surface area contributed by atoms with Gasteiger partial charge in [-0.25, -0.2) is 0 Å². The summed E-state index contributed by atoms with van der Waals surface area (Å²) in [5, 5.41) is 10.7. The van der Waals surface area contributed by atoms with Gasteiger partial charge in [0.15, 0.2) is 0 Å². The number of halogens is 1. The Labute approximate surface area is 141 Å². The number of hydrogen-bond donors (Lipinski definition) is 0. The Morgan fingerprint density at radius 2 is 1.96 bits per heavy atom. The van der Waals surface area contributed by atoms with Crippen molar-refractivity contribution in [1.82, 2.24) is 0 Å². The molecule has 0 heterocycles. The second-order valence-corrected chi connectivity index (χ2v) is 7.29. The van der Waals surface area contributed by atoms with Gasteiger partial charge in [-0.2, -0.15) is 0 Å². The largest absolute Gasteiger partial charge is 0.772 e. The van der Waals surface area contributed by atoms with Gasteiger partial charge in [-0.3, -0.25) is 19.1 Å². The molecule has 23 heavy (non-hydrogen) atoms. The van der Waals surface area contributed by atoms with E-state index in [9.17, 15) is 23.7 Å². The molecule has 0 radical (unpaired) electrons. The van der Waals surface area contributed by atoms with Crippen molar-refractivity contribution in [3.63, 3.8) is 0 Å². The zero-order valence-electron chi connectivity index (χ0n) is 12.7. The van der Waals surface area contributed by atoms with Crippen molar-refractivity contribution in [2.45, 2.75) is 50.2 Å². The van der Waals surface area contributed by atoms with E-state index in [2.05, 4.69) is 0 Å². The number of rotatable bonds is 5. The van der Waals surface area contributed by atoms with Gasteiger partial charge < -0.3 is 4.55 Å². The molecule has 1 aliphatic carbocycles. The molecule has 0 bridgehead atoms. The Morgan fingerprint density at radius 1 is 1.35 bits per heavy atom. The van der Waals surface area contributed by atoms with Crippen LogP contribution in [0.1, 0.15) is 60.5 Å². The molecule has 1 saturated carbocycles. The Bertz CT molecular complexity index is 670. The van der Waals surface area contributed by atoms with Crippen LogP contribution >= 0.6 is 11.6 Å². The lowest BCUT2D eigenvalue weighted by atomic mass is 9.81. The topological polar surface area (TPSA) is 100 Å². The third-order valence-corrected chi connectivity index (χ3v) is 5.95. The van der Waals surface area contributed by atoms with E-state index in [-0.39, 0.29) is 16.8 Å². The second-order valence-electron chi connectivity index (χ2n) is 5.70. The average molecular weight is 359 g/mol. The van der Waals surface area contributed by atoms with Gasteiger partial charge in [0.2, 0.25) is 0 Å². The van der Waals surface area contributed by atoms with Crippen LogP contribution in [-0.4, -0.2) is 18.9 Å². The molecule has 126 valence electrons. The number of aryl methyl sites for hydroxylation is 1. The third-order valence-electron chi connectivity index (χ3n) is 4.48. The summed E-state index contributed by atoms with van der Waals surface area (Å²) in [6.45, 7) is 1.79. The minimum Gasteiger partial charge on any atom is -0.772 e. The van der Waals surface area contributed by atoms with Gasteiger partial charge in [-0.15, -0.1) is 0 Å². The zero-order valence-corrected chi connectivity index (χ0v) is 14.2. The zero-order chi connectivity index (χ0) is 17.2. The molecule has 8 heteroatoms. The molecule has 0 aromatic heterocycles. The molecular weight excluding hydrogens is 342 g/mol. The van der Waals surface area contributed by atoms with Gasteiger partial charge in [0, 0.05) is 17.2 Å². The van der Waals surface area contributed by atoms with E-state index < -0.39 is 26.0 Å². The Hall–Kier alpha value is -1.31. The lowest BCUT2D eigenvalue weighted by Crippen LogP contribution is -2.35. The molecule has 0 saturated heterocycles. The van der Waals surface area contributed by atoms with E-state index in [1.54, 1.807) is 6.92 Å². The number of hydrogen-bond acceptors (Lipinski definition) is 5. The monoisotopic (exact) mass is 358 g/mol. The molecule has 1 aromatic carbocycles. The van der Waals surface area contributed by atoms with E-state index in [0.717, 1.165) is 12.5 Å². The SMILES string of the molecule is CCc1cc(C2(S(=O)[O-])CCCCC2)c([N+](=O)[O-])cc1C(=O)Cl. The first kappa shape index (κ1) is 18.0. The molecular formula is C15H17ClNO5S-. The maximum Gasteiger partial charge on any atom is 0.274 e. The highest BCUT2D eigenvalue weighted by molar-refractivity contribution is 7.80. The molecule has 0 amide bonds. The maximum absolute atomic E-state index is 12.0. The Morgan fingerprint density at radius 3 is 2.39 bits per heavy atom. The number of benzene rings is 1. The van der Waals surface area contributed by atoms with E-state index >= 15 is 0 Å². The lowest BCUT2D eigenvalue weighted by molar-refractivity contribution is -0.386. The average Bonchev–Trinajstić information content (AvgIpc) is 2.53. The number of carbonyl (C=O) groups is 1. The summed E-state index contributed by atoms with van der Waals surface area (Å²) < 4.78 is 22.6. The molecule has 1 unspecified atom stereocenters. The van der Waals surface area contributed by atoms with E-state index in [0.29, 0.717) is 37.7 Å². The first-order chi connectivity index (χ1) is 10.8. The normalized spacial score (nSPS) is 18.4. The van der Waals surface area contributed by atoms with Gasteiger partial charge in [0.1, 0.15) is 0 Å². The molecule has 1 aliphatic rings. The molecule has 0 spiro atoms. The molecule has 2 rings (SSSR count).